The standard InChI is InChI=1S/C12H20BN3O3/c1-11(2)12(3,4)19-13(18-11)9-7-14-16(8-9)10(17)15(5)6/h7-8H,1-6H3. The molecule has 0 atom stereocenters. The van der Waals surface area contributed by atoms with E-state index < -0.39 is 18.3 Å². The van der Waals surface area contributed by atoms with Crippen molar-refractivity contribution in [2.75, 3.05) is 14.1 Å². The van der Waals surface area contributed by atoms with Crippen LogP contribution in [0.25, 0.3) is 0 Å². The molecule has 0 saturated carbocycles. The fraction of sp³-hybridized carbons (Fsp3) is 0.667. The van der Waals surface area contributed by atoms with Crippen molar-refractivity contribution in [2.45, 2.75) is 38.9 Å². The number of aromatic nitrogens is 2. The zero-order chi connectivity index (χ0) is 14.4. The number of hydrogen-bond acceptors (Lipinski definition) is 4. The molecule has 2 heterocycles. The molecule has 1 amide bonds. The van der Waals surface area contributed by atoms with Crippen LogP contribution >= 0.6 is 0 Å². The van der Waals surface area contributed by atoms with Crippen LogP contribution in [-0.2, 0) is 9.31 Å². The summed E-state index contributed by atoms with van der Waals surface area (Å²) in [5.74, 6) is 0. The largest absolute Gasteiger partial charge is 0.498 e. The first kappa shape index (κ1) is 14.1. The first-order chi connectivity index (χ1) is 8.64. The Morgan fingerprint density at radius 2 is 1.79 bits per heavy atom. The van der Waals surface area contributed by atoms with Crippen LogP contribution in [0.2, 0.25) is 0 Å². The molecule has 1 aromatic heterocycles. The number of hydrogen-bond donors (Lipinski definition) is 0. The third-order valence-corrected chi connectivity index (χ3v) is 3.71. The second-order valence-corrected chi connectivity index (χ2v) is 5.98. The summed E-state index contributed by atoms with van der Waals surface area (Å²) in [4.78, 5) is 13.2. The molecule has 2 rings (SSSR count). The molecule has 0 unspecified atom stereocenters. The molecule has 1 fully saturated rings. The average molecular weight is 265 g/mol. The van der Waals surface area contributed by atoms with Crippen molar-refractivity contribution in [1.82, 2.24) is 14.7 Å². The molecule has 0 bridgehead atoms. The molecular formula is C12H20BN3O3. The van der Waals surface area contributed by atoms with Crippen LogP contribution < -0.4 is 5.46 Å². The van der Waals surface area contributed by atoms with Crippen LogP contribution in [0.15, 0.2) is 12.4 Å². The summed E-state index contributed by atoms with van der Waals surface area (Å²) in [5, 5.41) is 4.04. The van der Waals surface area contributed by atoms with E-state index in [1.807, 2.05) is 27.7 Å². The fourth-order valence-electron chi connectivity index (χ4n) is 1.75. The zero-order valence-electron chi connectivity index (χ0n) is 12.3. The lowest BCUT2D eigenvalue weighted by Crippen LogP contribution is -2.41. The Bertz CT molecular complexity index is 480. The zero-order valence-corrected chi connectivity index (χ0v) is 12.3. The summed E-state index contributed by atoms with van der Waals surface area (Å²) in [6.45, 7) is 7.95. The van der Waals surface area contributed by atoms with Gasteiger partial charge in [-0.1, -0.05) is 0 Å². The Kier molecular flexibility index (Phi) is 3.22. The highest BCUT2D eigenvalue weighted by Crippen LogP contribution is 2.36. The third kappa shape index (κ3) is 2.40. The van der Waals surface area contributed by atoms with E-state index in [0.717, 1.165) is 5.46 Å². The molecule has 6 nitrogen and oxygen atoms in total. The highest BCUT2D eigenvalue weighted by molar-refractivity contribution is 6.62. The summed E-state index contributed by atoms with van der Waals surface area (Å²) >= 11 is 0. The van der Waals surface area contributed by atoms with Gasteiger partial charge in [0.05, 0.1) is 11.2 Å². The summed E-state index contributed by atoms with van der Waals surface area (Å²) in [5.41, 5.74) is -0.0507. The maximum atomic E-state index is 11.8. The average Bonchev–Trinajstić information content (AvgIpc) is 2.81. The van der Waals surface area contributed by atoms with E-state index in [4.69, 9.17) is 9.31 Å². The van der Waals surface area contributed by atoms with Crippen LogP contribution in [0.3, 0.4) is 0 Å². The summed E-state index contributed by atoms with van der Waals surface area (Å²) in [7, 11) is 2.87. The van der Waals surface area contributed by atoms with E-state index in [2.05, 4.69) is 5.10 Å². The maximum absolute atomic E-state index is 11.8. The first-order valence-corrected chi connectivity index (χ1v) is 6.26. The second kappa shape index (κ2) is 4.35. The highest BCUT2D eigenvalue weighted by Gasteiger charge is 2.52. The van der Waals surface area contributed by atoms with Crippen LogP contribution in [0, 0.1) is 0 Å². The van der Waals surface area contributed by atoms with Crippen molar-refractivity contribution >= 4 is 18.6 Å². The lowest BCUT2D eigenvalue weighted by Gasteiger charge is -2.32. The van der Waals surface area contributed by atoms with Gasteiger partial charge in [0.25, 0.3) is 0 Å². The minimum Gasteiger partial charge on any atom is -0.399 e. The molecule has 1 saturated heterocycles. The molecule has 7 heteroatoms. The predicted octanol–water partition coefficient (Wildman–Crippen LogP) is 0.712. The summed E-state index contributed by atoms with van der Waals surface area (Å²) < 4.78 is 13.1. The molecule has 104 valence electrons. The summed E-state index contributed by atoms with van der Waals surface area (Å²) in [6, 6.07) is -0.206. The summed E-state index contributed by atoms with van der Waals surface area (Å²) in [6.07, 6.45) is 3.24. The smallest absolute Gasteiger partial charge is 0.399 e. The highest BCUT2D eigenvalue weighted by atomic mass is 16.7. The maximum Gasteiger partial charge on any atom is 0.498 e. The third-order valence-electron chi connectivity index (χ3n) is 3.71. The normalized spacial score (nSPS) is 20.6. The van der Waals surface area contributed by atoms with Gasteiger partial charge >= 0.3 is 13.1 Å². The number of nitrogens with zero attached hydrogens (tertiary/aromatic N) is 3. The van der Waals surface area contributed by atoms with Gasteiger partial charge in [0.1, 0.15) is 0 Å². The number of carbonyl (C=O) groups excluding carboxylic acids is 1. The lowest BCUT2D eigenvalue weighted by atomic mass is 9.82. The van der Waals surface area contributed by atoms with E-state index >= 15 is 0 Å². The van der Waals surface area contributed by atoms with Crippen molar-refractivity contribution in [2.24, 2.45) is 0 Å². The Morgan fingerprint density at radius 1 is 1.26 bits per heavy atom. The van der Waals surface area contributed by atoms with Crippen molar-refractivity contribution in [3.63, 3.8) is 0 Å². The van der Waals surface area contributed by atoms with Crippen LogP contribution in [0.1, 0.15) is 27.7 Å². The molecule has 0 spiro atoms. The topological polar surface area (TPSA) is 56.6 Å². The van der Waals surface area contributed by atoms with Gasteiger partial charge in [-0.3, -0.25) is 0 Å². The number of carbonyl (C=O) groups is 1. The molecule has 1 aliphatic rings. The van der Waals surface area contributed by atoms with E-state index in [1.54, 1.807) is 26.5 Å². The SMILES string of the molecule is CN(C)C(=O)n1cc(B2OC(C)(C)C(C)(C)O2)cn1. The quantitative estimate of drug-likeness (QED) is 0.702. The van der Waals surface area contributed by atoms with Crippen LogP contribution in [0.5, 0.6) is 0 Å². The van der Waals surface area contributed by atoms with Gasteiger partial charge in [0, 0.05) is 32.0 Å². The van der Waals surface area contributed by atoms with Gasteiger partial charge in [-0.2, -0.15) is 9.78 Å². The molecule has 1 aliphatic heterocycles. The van der Waals surface area contributed by atoms with Gasteiger partial charge in [-0.15, -0.1) is 0 Å². The van der Waals surface area contributed by atoms with Crippen molar-refractivity contribution in [3.8, 4) is 0 Å². The molecule has 0 radical (unpaired) electrons. The predicted molar refractivity (Wildman–Crippen MR) is 72.4 cm³/mol. The molecule has 0 aliphatic carbocycles. The van der Waals surface area contributed by atoms with Crippen molar-refractivity contribution in [3.05, 3.63) is 12.4 Å². The van der Waals surface area contributed by atoms with Gasteiger partial charge < -0.3 is 14.2 Å². The Hall–Kier alpha value is -1.34. The fourth-order valence-corrected chi connectivity index (χ4v) is 1.75. The number of amides is 1. The van der Waals surface area contributed by atoms with Crippen molar-refractivity contribution in [1.29, 1.82) is 0 Å². The molecular weight excluding hydrogens is 245 g/mol. The van der Waals surface area contributed by atoms with E-state index in [1.165, 1.54) is 9.58 Å². The monoisotopic (exact) mass is 265 g/mol. The van der Waals surface area contributed by atoms with E-state index in [9.17, 15) is 4.79 Å². The second-order valence-electron chi connectivity index (χ2n) is 5.98. The Morgan fingerprint density at radius 3 is 2.26 bits per heavy atom. The minimum absolute atomic E-state index is 0.206. The van der Waals surface area contributed by atoms with Gasteiger partial charge in [-0.05, 0) is 27.7 Å². The van der Waals surface area contributed by atoms with Gasteiger partial charge in [0.15, 0.2) is 0 Å². The Labute approximate surface area is 113 Å². The van der Waals surface area contributed by atoms with Crippen molar-refractivity contribution < 1.29 is 14.1 Å². The van der Waals surface area contributed by atoms with E-state index in [-0.39, 0.29) is 6.03 Å². The Balaban J connectivity index is 2.20. The van der Waals surface area contributed by atoms with Gasteiger partial charge in [0.2, 0.25) is 0 Å². The molecule has 0 aromatic carbocycles. The molecule has 0 N–H and O–H groups in total. The number of rotatable bonds is 1. The molecule has 1 aromatic rings. The molecule has 19 heavy (non-hydrogen) atoms. The van der Waals surface area contributed by atoms with Gasteiger partial charge in [-0.25, -0.2) is 4.79 Å². The van der Waals surface area contributed by atoms with Crippen LogP contribution in [0.4, 0.5) is 4.79 Å². The minimum atomic E-state index is -0.492. The first-order valence-electron chi connectivity index (χ1n) is 6.26. The lowest BCUT2D eigenvalue weighted by molar-refractivity contribution is 0.00578. The van der Waals surface area contributed by atoms with Crippen LogP contribution in [-0.4, -0.2) is 53.1 Å². The van der Waals surface area contributed by atoms with E-state index in [0.29, 0.717) is 0 Å².